The third-order valence-corrected chi connectivity index (χ3v) is 2.60. The van der Waals surface area contributed by atoms with Crippen LogP contribution in [-0.4, -0.2) is 22.4 Å². The largest absolute Gasteiger partial charge is 0.444 e. The molecule has 4 heteroatoms. The smallest absolute Gasteiger partial charge is 0.408 e. The Bertz CT molecular complexity index is 429. The van der Waals surface area contributed by atoms with E-state index >= 15 is 0 Å². The summed E-state index contributed by atoms with van der Waals surface area (Å²) in [5.41, 5.74) is -0.476. The molecular weight excluding hydrogens is 254 g/mol. The van der Waals surface area contributed by atoms with Crippen LogP contribution in [0.5, 0.6) is 0 Å². The van der Waals surface area contributed by atoms with Crippen molar-refractivity contribution in [3.05, 3.63) is 35.9 Å². The van der Waals surface area contributed by atoms with Gasteiger partial charge in [-0.05, 0) is 40.2 Å². The zero-order valence-corrected chi connectivity index (χ0v) is 12.9. The fourth-order valence-electron chi connectivity index (χ4n) is 1.89. The van der Waals surface area contributed by atoms with E-state index in [9.17, 15) is 9.90 Å². The molecule has 1 aromatic carbocycles. The second-order valence-electron chi connectivity index (χ2n) is 6.63. The van der Waals surface area contributed by atoms with Gasteiger partial charge < -0.3 is 15.2 Å². The van der Waals surface area contributed by atoms with E-state index in [1.54, 1.807) is 13.8 Å². The average Bonchev–Trinajstić information content (AvgIpc) is 2.25. The van der Waals surface area contributed by atoms with E-state index in [4.69, 9.17) is 4.74 Å². The van der Waals surface area contributed by atoms with Crippen LogP contribution < -0.4 is 5.32 Å². The lowest BCUT2D eigenvalue weighted by molar-refractivity contribution is 0.0390. The maximum Gasteiger partial charge on any atom is 0.408 e. The van der Waals surface area contributed by atoms with Crippen molar-refractivity contribution in [1.29, 1.82) is 0 Å². The minimum Gasteiger partial charge on any atom is -0.444 e. The van der Waals surface area contributed by atoms with Gasteiger partial charge in [0, 0.05) is 6.42 Å². The molecule has 1 rings (SSSR count). The van der Waals surface area contributed by atoms with Crippen molar-refractivity contribution >= 4 is 6.09 Å². The van der Waals surface area contributed by atoms with Crippen molar-refractivity contribution in [2.45, 2.75) is 58.3 Å². The van der Waals surface area contributed by atoms with Gasteiger partial charge in [-0.2, -0.15) is 0 Å². The number of hydrogen-bond acceptors (Lipinski definition) is 3. The Morgan fingerprint density at radius 1 is 1.20 bits per heavy atom. The molecular formula is C16H25NO3. The fraction of sp³-hybridized carbons (Fsp3) is 0.562. The molecule has 0 radical (unpaired) electrons. The van der Waals surface area contributed by atoms with Gasteiger partial charge in [-0.15, -0.1) is 0 Å². The number of amides is 1. The van der Waals surface area contributed by atoms with Gasteiger partial charge in [0.15, 0.2) is 0 Å². The molecule has 0 fully saturated rings. The summed E-state index contributed by atoms with van der Waals surface area (Å²) in [7, 11) is 0. The van der Waals surface area contributed by atoms with Crippen molar-refractivity contribution in [2.75, 3.05) is 0 Å². The van der Waals surface area contributed by atoms with E-state index in [0.717, 1.165) is 5.56 Å². The first-order chi connectivity index (χ1) is 9.07. The molecule has 0 aromatic heterocycles. The predicted octanol–water partition coefficient (Wildman–Crippen LogP) is 3.41. The zero-order chi connectivity index (χ0) is 15.4. The highest BCUT2D eigenvalue weighted by Crippen LogP contribution is 2.24. The molecule has 0 aliphatic rings. The van der Waals surface area contributed by atoms with Crippen LogP contribution in [0.4, 0.5) is 4.79 Å². The van der Waals surface area contributed by atoms with Crippen LogP contribution in [0.15, 0.2) is 30.3 Å². The second-order valence-corrected chi connectivity index (χ2v) is 6.63. The van der Waals surface area contributed by atoms with Gasteiger partial charge in [-0.3, -0.25) is 0 Å². The van der Waals surface area contributed by atoms with E-state index < -0.39 is 17.3 Å². The molecule has 112 valence electrons. The van der Waals surface area contributed by atoms with Gasteiger partial charge in [-0.25, -0.2) is 4.79 Å². The predicted molar refractivity (Wildman–Crippen MR) is 79.5 cm³/mol. The van der Waals surface area contributed by atoms with Crippen molar-refractivity contribution in [1.82, 2.24) is 5.32 Å². The van der Waals surface area contributed by atoms with Gasteiger partial charge >= 0.3 is 6.09 Å². The van der Waals surface area contributed by atoms with Crippen molar-refractivity contribution < 1.29 is 14.6 Å². The van der Waals surface area contributed by atoms with E-state index in [0.29, 0.717) is 6.42 Å². The van der Waals surface area contributed by atoms with E-state index in [-0.39, 0.29) is 6.04 Å². The van der Waals surface area contributed by atoms with Crippen LogP contribution in [0.25, 0.3) is 0 Å². The molecule has 1 amide bonds. The third-order valence-electron chi connectivity index (χ3n) is 2.60. The summed E-state index contributed by atoms with van der Waals surface area (Å²) in [5, 5.41) is 12.8. The van der Waals surface area contributed by atoms with Crippen molar-refractivity contribution in [3.8, 4) is 0 Å². The molecule has 1 aromatic rings. The first-order valence-corrected chi connectivity index (χ1v) is 6.84. The van der Waals surface area contributed by atoms with E-state index in [1.807, 2.05) is 51.1 Å². The minimum atomic E-state index is -0.879. The topological polar surface area (TPSA) is 58.6 Å². The van der Waals surface area contributed by atoms with Gasteiger partial charge in [0.2, 0.25) is 0 Å². The summed E-state index contributed by atoms with van der Waals surface area (Å²) in [6, 6.07) is 9.29. The van der Waals surface area contributed by atoms with Crippen LogP contribution in [0.2, 0.25) is 0 Å². The molecule has 0 unspecified atom stereocenters. The molecule has 20 heavy (non-hydrogen) atoms. The van der Waals surface area contributed by atoms with Gasteiger partial charge in [0.05, 0.1) is 11.6 Å². The van der Waals surface area contributed by atoms with Gasteiger partial charge in [0.25, 0.3) is 0 Å². The molecule has 0 aliphatic carbocycles. The highest BCUT2D eigenvalue weighted by atomic mass is 16.6. The number of hydrogen-bond donors (Lipinski definition) is 2. The molecule has 4 nitrogen and oxygen atoms in total. The van der Waals surface area contributed by atoms with Crippen LogP contribution in [0, 0.1) is 0 Å². The Morgan fingerprint density at radius 3 is 2.20 bits per heavy atom. The van der Waals surface area contributed by atoms with E-state index in [2.05, 4.69) is 5.32 Å². The number of ether oxygens (including phenoxy) is 1. The number of rotatable bonds is 4. The van der Waals surface area contributed by atoms with Crippen LogP contribution in [-0.2, 0) is 4.74 Å². The normalized spacial score (nSPS) is 13.7. The Kier molecular flexibility index (Phi) is 5.17. The maximum absolute atomic E-state index is 11.9. The molecule has 0 bridgehead atoms. The summed E-state index contributed by atoms with van der Waals surface area (Å²) in [5.74, 6) is 0. The summed E-state index contributed by atoms with van der Waals surface area (Å²) >= 11 is 0. The Balaban J connectivity index is 2.82. The first-order valence-electron chi connectivity index (χ1n) is 6.84. The number of alkyl carbamates (subject to hydrolysis) is 1. The third kappa shape index (κ3) is 6.57. The lowest BCUT2D eigenvalue weighted by atomic mass is 9.94. The standard InChI is InChI=1S/C16H25NO3/c1-15(2,3)20-14(18)17-13(11-16(4,5)19)12-9-7-6-8-10-12/h6-10,13,19H,11H2,1-5H3,(H,17,18)/t13-/m0/s1. The summed E-state index contributed by atoms with van der Waals surface area (Å²) in [4.78, 5) is 11.9. The molecule has 0 heterocycles. The zero-order valence-electron chi connectivity index (χ0n) is 12.9. The average molecular weight is 279 g/mol. The quantitative estimate of drug-likeness (QED) is 0.888. The molecule has 2 N–H and O–H groups in total. The van der Waals surface area contributed by atoms with Crippen LogP contribution in [0.3, 0.4) is 0 Å². The summed E-state index contributed by atoms with van der Waals surface area (Å²) in [6.07, 6.45) is -0.0633. The molecule has 0 spiro atoms. The first kappa shape index (κ1) is 16.5. The molecule has 1 atom stereocenters. The number of carbonyl (C=O) groups is 1. The summed E-state index contributed by atoms with van der Waals surface area (Å²) < 4.78 is 5.27. The highest BCUT2D eigenvalue weighted by Gasteiger charge is 2.25. The monoisotopic (exact) mass is 279 g/mol. The van der Waals surface area contributed by atoms with Crippen LogP contribution >= 0.6 is 0 Å². The van der Waals surface area contributed by atoms with Crippen molar-refractivity contribution in [3.63, 3.8) is 0 Å². The lowest BCUT2D eigenvalue weighted by Gasteiger charge is -2.28. The van der Waals surface area contributed by atoms with Crippen molar-refractivity contribution in [2.24, 2.45) is 0 Å². The minimum absolute atomic E-state index is 0.286. The molecule has 0 saturated carbocycles. The maximum atomic E-state index is 11.9. The van der Waals surface area contributed by atoms with Crippen LogP contribution in [0.1, 0.15) is 52.6 Å². The number of carbonyl (C=O) groups excluding carboxylic acids is 1. The van der Waals surface area contributed by atoms with Gasteiger partial charge in [0.1, 0.15) is 5.60 Å². The number of aliphatic hydroxyl groups is 1. The number of nitrogens with one attached hydrogen (secondary N) is 1. The summed E-state index contributed by atoms with van der Waals surface area (Å²) in [6.45, 7) is 8.90. The Morgan fingerprint density at radius 2 is 1.75 bits per heavy atom. The second kappa shape index (κ2) is 6.27. The highest BCUT2D eigenvalue weighted by molar-refractivity contribution is 5.68. The Labute approximate surface area is 121 Å². The molecule has 0 saturated heterocycles. The van der Waals surface area contributed by atoms with E-state index in [1.165, 1.54) is 0 Å². The lowest BCUT2D eigenvalue weighted by Crippen LogP contribution is -2.37. The SMILES string of the molecule is CC(C)(O)C[C@H](NC(=O)OC(C)(C)C)c1ccccc1. The van der Waals surface area contributed by atoms with Gasteiger partial charge in [-0.1, -0.05) is 30.3 Å². The molecule has 0 aliphatic heterocycles. The number of benzene rings is 1. The Hall–Kier alpha value is -1.55. The fourth-order valence-corrected chi connectivity index (χ4v) is 1.89.